The molecule has 0 saturated carbocycles. The first kappa shape index (κ1) is 24.7. The maximum atomic E-state index is 12.2. The van der Waals surface area contributed by atoms with Gasteiger partial charge in [0.05, 0.1) is 20.8 Å². The number of hydrogen-bond acceptors (Lipinski definition) is 5. The molecule has 5 nitrogen and oxygen atoms in total. The van der Waals surface area contributed by atoms with Crippen molar-refractivity contribution in [1.29, 1.82) is 0 Å². The van der Waals surface area contributed by atoms with Gasteiger partial charge in [-0.1, -0.05) is 25.5 Å². The molecular formula is C24H36O5. The molecule has 0 amide bonds. The lowest BCUT2D eigenvalue weighted by Gasteiger charge is -2.17. The molecule has 0 aliphatic rings. The van der Waals surface area contributed by atoms with E-state index in [9.17, 15) is 9.59 Å². The fourth-order valence-electron chi connectivity index (χ4n) is 3.18. The summed E-state index contributed by atoms with van der Waals surface area (Å²) < 4.78 is 16.0. The highest BCUT2D eigenvalue weighted by atomic mass is 16.5. The summed E-state index contributed by atoms with van der Waals surface area (Å²) in [7, 11) is 3.38. The van der Waals surface area contributed by atoms with Crippen molar-refractivity contribution in [3.8, 4) is 11.5 Å². The number of methoxy groups -OCH3 is 2. The van der Waals surface area contributed by atoms with Crippen LogP contribution in [0.1, 0.15) is 70.9 Å². The average Bonchev–Trinajstić information content (AvgIpc) is 2.70. The summed E-state index contributed by atoms with van der Waals surface area (Å²) in [5.41, 5.74) is 3.40. The van der Waals surface area contributed by atoms with Gasteiger partial charge >= 0.3 is 5.97 Å². The molecule has 0 aromatic heterocycles. The minimum Gasteiger partial charge on any atom is -0.497 e. The van der Waals surface area contributed by atoms with E-state index in [1.807, 2.05) is 19.1 Å². The van der Waals surface area contributed by atoms with Gasteiger partial charge in [0, 0.05) is 12.0 Å². The largest absolute Gasteiger partial charge is 0.497 e. The Bertz CT molecular complexity index is 718. The first-order valence-electron chi connectivity index (χ1n) is 10.3. The third-order valence-corrected chi connectivity index (χ3v) is 5.03. The van der Waals surface area contributed by atoms with Gasteiger partial charge < -0.3 is 14.2 Å². The van der Waals surface area contributed by atoms with Crippen LogP contribution in [-0.2, 0) is 20.7 Å². The molecule has 0 radical (unpaired) electrons. The summed E-state index contributed by atoms with van der Waals surface area (Å²) in [6.07, 6.45) is 4.81. The second-order valence-electron chi connectivity index (χ2n) is 7.59. The van der Waals surface area contributed by atoms with E-state index in [-0.39, 0.29) is 5.78 Å². The van der Waals surface area contributed by atoms with Crippen LogP contribution in [0.4, 0.5) is 0 Å². The molecule has 0 fully saturated rings. The van der Waals surface area contributed by atoms with Crippen LogP contribution < -0.4 is 9.47 Å². The second-order valence-corrected chi connectivity index (χ2v) is 7.59. The van der Waals surface area contributed by atoms with Crippen molar-refractivity contribution >= 4 is 11.8 Å². The third kappa shape index (κ3) is 7.56. The number of aryl methyl sites for hydroxylation is 1. The Balaban J connectivity index is 2.72. The van der Waals surface area contributed by atoms with Gasteiger partial charge in [-0.15, -0.1) is 0 Å². The molecule has 1 atom stereocenters. The number of ether oxygens (including phenoxy) is 3. The molecule has 1 unspecified atom stereocenters. The summed E-state index contributed by atoms with van der Waals surface area (Å²) in [5, 5.41) is 0. The topological polar surface area (TPSA) is 61.8 Å². The molecule has 0 heterocycles. The Morgan fingerprint density at radius 3 is 2.31 bits per heavy atom. The molecule has 1 rings (SSSR count). The third-order valence-electron chi connectivity index (χ3n) is 5.03. The minimum atomic E-state index is -0.696. The van der Waals surface area contributed by atoms with Crippen molar-refractivity contribution in [1.82, 2.24) is 0 Å². The number of benzene rings is 1. The molecule has 0 N–H and O–H groups in total. The number of hydrogen-bond donors (Lipinski definition) is 0. The number of carbonyl (C=O) groups excluding carboxylic acids is 2. The van der Waals surface area contributed by atoms with Gasteiger partial charge in [0.2, 0.25) is 0 Å². The van der Waals surface area contributed by atoms with E-state index in [1.54, 1.807) is 28.1 Å². The van der Waals surface area contributed by atoms with Crippen molar-refractivity contribution in [3.63, 3.8) is 0 Å². The van der Waals surface area contributed by atoms with E-state index in [2.05, 4.69) is 19.9 Å². The van der Waals surface area contributed by atoms with E-state index in [4.69, 9.17) is 14.2 Å². The Kier molecular flexibility index (Phi) is 10.5. The maximum Gasteiger partial charge on any atom is 0.316 e. The zero-order valence-corrected chi connectivity index (χ0v) is 19.0. The standard InChI is InChI=1S/C24H36O5/c1-8-29-24(26)18(5)22(25)13-12-17(4)10-9-11-19-14-20(27-6)15-21(16(2)3)23(19)28-7/h10,14-16,18H,8-9,11-13H2,1-7H3/b17-10+. The van der Waals surface area contributed by atoms with Gasteiger partial charge in [-0.3, -0.25) is 9.59 Å². The Morgan fingerprint density at radius 2 is 1.76 bits per heavy atom. The Morgan fingerprint density at radius 1 is 1.07 bits per heavy atom. The fraction of sp³-hybridized carbons (Fsp3) is 0.583. The molecule has 5 heteroatoms. The molecule has 0 aliphatic heterocycles. The van der Waals surface area contributed by atoms with E-state index < -0.39 is 11.9 Å². The molecule has 162 valence electrons. The van der Waals surface area contributed by atoms with Crippen LogP contribution in [0.3, 0.4) is 0 Å². The van der Waals surface area contributed by atoms with Crippen molar-refractivity contribution in [2.45, 2.75) is 66.2 Å². The van der Waals surface area contributed by atoms with E-state index in [0.717, 1.165) is 41.0 Å². The lowest BCUT2D eigenvalue weighted by molar-refractivity contribution is -0.150. The zero-order chi connectivity index (χ0) is 22.0. The normalized spacial score (nSPS) is 12.6. The van der Waals surface area contributed by atoms with E-state index >= 15 is 0 Å². The first-order chi connectivity index (χ1) is 13.7. The van der Waals surface area contributed by atoms with Gasteiger partial charge in [0.25, 0.3) is 0 Å². The fourth-order valence-corrected chi connectivity index (χ4v) is 3.18. The number of esters is 1. The van der Waals surface area contributed by atoms with Crippen LogP contribution >= 0.6 is 0 Å². The first-order valence-corrected chi connectivity index (χ1v) is 10.3. The number of carbonyl (C=O) groups is 2. The van der Waals surface area contributed by atoms with Crippen LogP contribution in [0.5, 0.6) is 11.5 Å². The second kappa shape index (κ2) is 12.3. The zero-order valence-electron chi connectivity index (χ0n) is 19.0. The van der Waals surface area contributed by atoms with Crippen LogP contribution in [0.25, 0.3) is 0 Å². The summed E-state index contributed by atoms with van der Waals surface area (Å²) in [4.78, 5) is 23.8. The summed E-state index contributed by atoms with van der Waals surface area (Å²) in [6, 6.07) is 4.06. The molecule has 0 spiro atoms. The summed E-state index contributed by atoms with van der Waals surface area (Å²) in [6.45, 7) is 9.94. The number of allylic oxidation sites excluding steroid dienone is 2. The lowest BCUT2D eigenvalue weighted by Crippen LogP contribution is -2.23. The van der Waals surface area contributed by atoms with Crippen molar-refractivity contribution in [3.05, 3.63) is 34.9 Å². The maximum absolute atomic E-state index is 12.2. The predicted octanol–water partition coefficient (Wildman–Crippen LogP) is 5.25. The number of ketones is 1. The molecule has 1 aromatic rings. The van der Waals surface area contributed by atoms with Gasteiger partial charge in [-0.2, -0.15) is 0 Å². The Hall–Kier alpha value is -2.30. The molecular weight excluding hydrogens is 368 g/mol. The van der Waals surface area contributed by atoms with Crippen molar-refractivity contribution in [2.75, 3.05) is 20.8 Å². The van der Waals surface area contributed by atoms with Crippen LogP contribution in [0.15, 0.2) is 23.8 Å². The minimum absolute atomic E-state index is 0.0766. The molecule has 29 heavy (non-hydrogen) atoms. The van der Waals surface area contributed by atoms with Gasteiger partial charge in [-0.05, 0) is 63.6 Å². The highest BCUT2D eigenvalue weighted by Gasteiger charge is 2.22. The lowest BCUT2D eigenvalue weighted by atomic mass is 9.95. The molecule has 0 bridgehead atoms. The van der Waals surface area contributed by atoms with Crippen LogP contribution in [0.2, 0.25) is 0 Å². The summed E-state index contributed by atoms with van der Waals surface area (Å²) in [5.74, 6) is 0.883. The van der Waals surface area contributed by atoms with Crippen molar-refractivity contribution < 1.29 is 23.8 Å². The van der Waals surface area contributed by atoms with Crippen LogP contribution in [-0.4, -0.2) is 32.6 Å². The SMILES string of the molecule is CCOC(=O)C(C)C(=O)CC/C(C)=C/CCc1cc(OC)cc(C(C)C)c1OC. The van der Waals surface area contributed by atoms with Gasteiger partial charge in [0.1, 0.15) is 23.2 Å². The van der Waals surface area contributed by atoms with E-state index in [0.29, 0.717) is 25.4 Å². The molecule has 0 aliphatic carbocycles. The van der Waals surface area contributed by atoms with Gasteiger partial charge in [-0.25, -0.2) is 0 Å². The molecule has 0 saturated heterocycles. The van der Waals surface area contributed by atoms with E-state index in [1.165, 1.54) is 0 Å². The Labute approximate surface area is 175 Å². The average molecular weight is 405 g/mol. The van der Waals surface area contributed by atoms with Crippen LogP contribution in [0, 0.1) is 5.92 Å². The smallest absolute Gasteiger partial charge is 0.316 e. The number of Topliss-reactive ketones (excluding diaryl/α,β-unsaturated/α-hetero) is 1. The van der Waals surface area contributed by atoms with Crippen molar-refractivity contribution in [2.24, 2.45) is 5.92 Å². The highest BCUT2D eigenvalue weighted by Crippen LogP contribution is 2.35. The number of rotatable bonds is 12. The molecule has 1 aromatic carbocycles. The monoisotopic (exact) mass is 404 g/mol. The highest BCUT2D eigenvalue weighted by molar-refractivity contribution is 5.98. The summed E-state index contributed by atoms with van der Waals surface area (Å²) >= 11 is 0. The quantitative estimate of drug-likeness (QED) is 0.270. The predicted molar refractivity (Wildman–Crippen MR) is 116 cm³/mol. The van der Waals surface area contributed by atoms with Gasteiger partial charge in [0.15, 0.2) is 0 Å².